The maximum absolute atomic E-state index is 11.6. The third-order valence-electron chi connectivity index (χ3n) is 4.05. The van der Waals surface area contributed by atoms with E-state index in [9.17, 15) is 9.90 Å². The molecule has 0 aliphatic carbocycles. The van der Waals surface area contributed by atoms with E-state index in [1.165, 1.54) is 0 Å². The second kappa shape index (κ2) is 5.61. The highest BCUT2D eigenvalue weighted by molar-refractivity contribution is 5.78. The minimum Gasteiger partial charge on any atom is -0.496 e. The zero-order valence-electron chi connectivity index (χ0n) is 11.6. The minimum atomic E-state index is -0.765. The van der Waals surface area contributed by atoms with Crippen LogP contribution in [0.15, 0.2) is 24.3 Å². The maximum atomic E-state index is 11.6. The highest BCUT2D eigenvalue weighted by atomic mass is 16.5. The van der Waals surface area contributed by atoms with Crippen molar-refractivity contribution in [1.82, 2.24) is 4.90 Å². The third-order valence-corrected chi connectivity index (χ3v) is 4.05. The molecule has 1 aromatic carbocycles. The van der Waals surface area contributed by atoms with E-state index in [1.54, 1.807) is 7.11 Å². The number of para-hydroxylation sites is 1. The molecule has 0 radical (unpaired) electrons. The van der Waals surface area contributed by atoms with Crippen molar-refractivity contribution in [1.29, 1.82) is 0 Å². The lowest BCUT2D eigenvalue weighted by molar-refractivity contribution is -0.153. The Bertz CT molecular complexity index is 460. The van der Waals surface area contributed by atoms with Crippen LogP contribution in [-0.4, -0.2) is 35.2 Å². The van der Waals surface area contributed by atoms with Gasteiger partial charge in [-0.25, -0.2) is 0 Å². The number of nitrogens with zero attached hydrogens (tertiary/aromatic N) is 1. The summed E-state index contributed by atoms with van der Waals surface area (Å²) in [6.45, 7) is 3.26. The zero-order valence-corrected chi connectivity index (χ0v) is 11.6. The lowest BCUT2D eigenvalue weighted by Gasteiger charge is -2.41. The van der Waals surface area contributed by atoms with Crippen molar-refractivity contribution in [3.8, 4) is 5.75 Å². The van der Waals surface area contributed by atoms with Crippen molar-refractivity contribution >= 4 is 5.97 Å². The molecule has 1 fully saturated rings. The topological polar surface area (TPSA) is 49.8 Å². The Hall–Kier alpha value is -1.55. The van der Waals surface area contributed by atoms with E-state index in [1.807, 2.05) is 31.2 Å². The molecule has 1 atom stereocenters. The number of rotatable bonds is 4. The predicted octanol–water partition coefficient (Wildman–Crippen LogP) is 2.52. The van der Waals surface area contributed by atoms with Gasteiger partial charge in [-0.15, -0.1) is 0 Å². The van der Waals surface area contributed by atoms with Crippen molar-refractivity contribution in [2.24, 2.45) is 0 Å². The summed E-state index contributed by atoms with van der Waals surface area (Å²) in [6.07, 6.45) is 2.74. The fourth-order valence-electron chi connectivity index (χ4n) is 2.71. The first-order chi connectivity index (χ1) is 9.08. The molecule has 2 rings (SSSR count). The highest BCUT2D eigenvalue weighted by Gasteiger charge is 2.41. The van der Waals surface area contributed by atoms with Gasteiger partial charge in [0.1, 0.15) is 11.3 Å². The Morgan fingerprint density at radius 3 is 2.84 bits per heavy atom. The molecule has 0 aromatic heterocycles. The molecule has 19 heavy (non-hydrogen) atoms. The number of piperidine rings is 1. The molecule has 1 aliphatic rings. The zero-order chi connectivity index (χ0) is 13.9. The van der Waals surface area contributed by atoms with Crippen molar-refractivity contribution in [3.63, 3.8) is 0 Å². The number of hydrogen-bond donors (Lipinski definition) is 1. The SMILES string of the molecule is COc1ccccc1CN1CCCCC1(C)C(=O)O. The fraction of sp³-hybridized carbons (Fsp3) is 0.533. The maximum Gasteiger partial charge on any atom is 0.323 e. The van der Waals surface area contributed by atoms with Crippen LogP contribution in [-0.2, 0) is 11.3 Å². The standard InChI is InChI=1S/C15H21NO3/c1-15(14(17)18)9-5-6-10-16(15)11-12-7-3-4-8-13(12)19-2/h3-4,7-8H,5-6,9-11H2,1-2H3,(H,17,18). The second-order valence-electron chi connectivity index (χ2n) is 5.27. The average Bonchev–Trinajstić information content (AvgIpc) is 2.42. The van der Waals surface area contributed by atoms with E-state index in [0.717, 1.165) is 30.7 Å². The summed E-state index contributed by atoms with van der Waals surface area (Å²) in [7, 11) is 1.64. The molecule has 0 bridgehead atoms. The van der Waals surface area contributed by atoms with Gasteiger partial charge in [0.25, 0.3) is 0 Å². The van der Waals surface area contributed by atoms with Gasteiger partial charge >= 0.3 is 5.97 Å². The molecule has 1 aromatic rings. The van der Waals surface area contributed by atoms with E-state index in [-0.39, 0.29) is 0 Å². The molecule has 1 N–H and O–H groups in total. The van der Waals surface area contributed by atoms with Crippen LogP contribution in [0, 0.1) is 0 Å². The van der Waals surface area contributed by atoms with Gasteiger partial charge in [-0.05, 0) is 38.8 Å². The van der Waals surface area contributed by atoms with Crippen LogP contribution in [0.5, 0.6) is 5.75 Å². The predicted molar refractivity (Wildman–Crippen MR) is 73.3 cm³/mol. The van der Waals surface area contributed by atoms with Gasteiger partial charge in [-0.2, -0.15) is 0 Å². The molecular weight excluding hydrogens is 242 g/mol. The molecule has 0 spiro atoms. The third kappa shape index (κ3) is 2.73. The van der Waals surface area contributed by atoms with Crippen molar-refractivity contribution in [2.75, 3.05) is 13.7 Å². The summed E-state index contributed by atoms with van der Waals surface area (Å²) in [6, 6.07) is 7.79. The minimum absolute atomic E-state index is 0.618. The first-order valence-corrected chi connectivity index (χ1v) is 6.68. The molecule has 1 saturated heterocycles. The number of carbonyl (C=O) groups is 1. The van der Waals surface area contributed by atoms with E-state index >= 15 is 0 Å². The number of ether oxygens (including phenoxy) is 1. The number of benzene rings is 1. The Morgan fingerprint density at radius 1 is 1.42 bits per heavy atom. The highest BCUT2D eigenvalue weighted by Crippen LogP contribution is 2.31. The molecular formula is C15H21NO3. The molecule has 104 valence electrons. The lowest BCUT2D eigenvalue weighted by atomic mass is 9.88. The largest absolute Gasteiger partial charge is 0.496 e. The smallest absolute Gasteiger partial charge is 0.323 e. The Labute approximate surface area is 114 Å². The van der Waals surface area contributed by atoms with E-state index in [4.69, 9.17) is 4.74 Å². The molecule has 4 nitrogen and oxygen atoms in total. The Balaban J connectivity index is 2.22. The monoisotopic (exact) mass is 263 g/mol. The molecule has 1 aliphatic heterocycles. The number of aliphatic carboxylic acids is 1. The van der Waals surface area contributed by atoms with Crippen molar-refractivity contribution < 1.29 is 14.6 Å². The van der Waals surface area contributed by atoms with Crippen LogP contribution in [0.25, 0.3) is 0 Å². The summed E-state index contributed by atoms with van der Waals surface area (Å²) < 4.78 is 5.34. The quantitative estimate of drug-likeness (QED) is 0.907. The van der Waals surface area contributed by atoms with Gasteiger partial charge in [0.2, 0.25) is 0 Å². The van der Waals surface area contributed by atoms with E-state index in [2.05, 4.69) is 4.90 Å². The molecule has 1 heterocycles. The summed E-state index contributed by atoms with van der Waals surface area (Å²) in [5, 5.41) is 9.50. The van der Waals surface area contributed by atoms with Crippen LogP contribution in [0.1, 0.15) is 31.7 Å². The van der Waals surface area contributed by atoms with Crippen LogP contribution in [0.3, 0.4) is 0 Å². The average molecular weight is 263 g/mol. The van der Waals surface area contributed by atoms with Gasteiger partial charge in [0.15, 0.2) is 0 Å². The van der Waals surface area contributed by atoms with Crippen molar-refractivity contribution in [2.45, 2.75) is 38.3 Å². The normalized spacial score (nSPS) is 24.1. The van der Waals surface area contributed by atoms with Gasteiger partial charge in [0.05, 0.1) is 7.11 Å². The first-order valence-electron chi connectivity index (χ1n) is 6.68. The van der Waals surface area contributed by atoms with Crippen LogP contribution in [0.4, 0.5) is 0 Å². The summed E-state index contributed by atoms with van der Waals surface area (Å²) >= 11 is 0. The van der Waals surface area contributed by atoms with Crippen LogP contribution in [0.2, 0.25) is 0 Å². The number of hydrogen-bond acceptors (Lipinski definition) is 3. The molecule has 1 unspecified atom stereocenters. The summed E-state index contributed by atoms with van der Waals surface area (Å²) in [5.41, 5.74) is 0.276. The second-order valence-corrected chi connectivity index (χ2v) is 5.27. The molecule has 0 amide bonds. The van der Waals surface area contributed by atoms with E-state index in [0.29, 0.717) is 13.0 Å². The van der Waals surface area contributed by atoms with Gasteiger partial charge < -0.3 is 9.84 Å². The van der Waals surface area contributed by atoms with E-state index < -0.39 is 11.5 Å². The summed E-state index contributed by atoms with van der Waals surface area (Å²) in [5.74, 6) is 0.0860. The van der Waals surface area contributed by atoms with Gasteiger partial charge in [-0.3, -0.25) is 9.69 Å². The summed E-state index contributed by atoms with van der Waals surface area (Å²) in [4.78, 5) is 13.6. The first kappa shape index (κ1) is 13.9. The number of likely N-dealkylation sites (tertiary alicyclic amines) is 1. The van der Waals surface area contributed by atoms with Gasteiger partial charge in [0, 0.05) is 12.1 Å². The van der Waals surface area contributed by atoms with Crippen molar-refractivity contribution in [3.05, 3.63) is 29.8 Å². The number of carboxylic acids is 1. The lowest BCUT2D eigenvalue weighted by Crippen LogP contribution is -2.54. The number of carboxylic acid groups (broad SMARTS) is 1. The molecule has 0 saturated carbocycles. The van der Waals surface area contributed by atoms with Gasteiger partial charge in [-0.1, -0.05) is 18.2 Å². The Morgan fingerprint density at radius 2 is 2.16 bits per heavy atom. The van der Waals surface area contributed by atoms with Crippen LogP contribution >= 0.6 is 0 Å². The van der Waals surface area contributed by atoms with Crippen LogP contribution < -0.4 is 4.74 Å². The fourth-order valence-corrected chi connectivity index (χ4v) is 2.71. The number of methoxy groups -OCH3 is 1. The molecule has 4 heteroatoms. The Kier molecular flexibility index (Phi) is 4.10.